The molecule has 0 aliphatic carbocycles. The molecule has 7 heavy (non-hydrogen) atoms. The molecule has 0 aliphatic heterocycles. The van der Waals surface area contributed by atoms with Crippen LogP contribution in [0.4, 0.5) is 0 Å². The zero-order chi connectivity index (χ0) is 5.70. The van der Waals surface area contributed by atoms with Crippen LogP contribution < -0.4 is 0 Å². The van der Waals surface area contributed by atoms with Gasteiger partial charge in [-0.3, -0.25) is 0 Å². The van der Waals surface area contributed by atoms with E-state index in [9.17, 15) is 0 Å². The van der Waals surface area contributed by atoms with E-state index in [1.54, 1.807) is 0 Å². The summed E-state index contributed by atoms with van der Waals surface area (Å²) in [5, 5.41) is 0. The fourth-order valence-corrected chi connectivity index (χ4v) is 0.466. The predicted octanol–water partition coefficient (Wildman–Crippen LogP) is 1.93. The van der Waals surface area contributed by atoms with Crippen molar-refractivity contribution in [3.05, 3.63) is 11.6 Å². The second-order valence-electron chi connectivity index (χ2n) is 1.50. The quantitative estimate of drug-likeness (QED) is 0.362. The monoisotopic (exact) mass is 94.1 g/mol. The van der Waals surface area contributed by atoms with Crippen molar-refractivity contribution in [2.24, 2.45) is 0 Å². The van der Waals surface area contributed by atoms with E-state index in [4.69, 9.17) is 7.85 Å². The average Bonchev–Trinajstić information content (AvgIpc) is 1.72. The van der Waals surface area contributed by atoms with Gasteiger partial charge in [0.05, 0.1) is 7.85 Å². The summed E-state index contributed by atoms with van der Waals surface area (Å²) < 4.78 is 0. The molecule has 0 bridgehead atoms. The van der Waals surface area contributed by atoms with Crippen LogP contribution in [0.1, 0.15) is 20.3 Å². The molecule has 0 fully saturated rings. The zero-order valence-corrected chi connectivity index (χ0v) is 5.07. The van der Waals surface area contributed by atoms with Crippen LogP contribution in [-0.2, 0) is 0 Å². The van der Waals surface area contributed by atoms with Crippen molar-refractivity contribution in [3.63, 3.8) is 0 Å². The number of hydrogen-bond acceptors (Lipinski definition) is 0. The minimum atomic E-state index is 0.715. The normalized spacial score (nSPS) is 12.0. The van der Waals surface area contributed by atoms with E-state index >= 15 is 0 Å². The molecule has 2 radical (unpaired) electrons. The van der Waals surface area contributed by atoms with Gasteiger partial charge >= 0.3 is 0 Å². The van der Waals surface area contributed by atoms with Crippen molar-refractivity contribution in [3.8, 4) is 0 Å². The second-order valence-corrected chi connectivity index (χ2v) is 1.50. The topological polar surface area (TPSA) is 0 Å². The van der Waals surface area contributed by atoms with Gasteiger partial charge in [-0.2, -0.15) is 0 Å². The summed E-state index contributed by atoms with van der Waals surface area (Å²) in [6, 6.07) is 0. The lowest BCUT2D eigenvalue weighted by Gasteiger charge is -1.93. The first-order valence-corrected chi connectivity index (χ1v) is 2.69. The average molecular weight is 94.0 g/mol. The summed E-state index contributed by atoms with van der Waals surface area (Å²) >= 11 is 0. The highest BCUT2D eigenvalue weighted by atomic mass is 13.8. The van der Waals surface area contributed by atoms with E-state index in [-0.39, 0.29) is 0 Å². The Kier molecular flexibility index (Phi) is 3.87. The minimum absolute atomic E-state index is 0.715. The van der Waals surface area contributed by atoms with Crippen LogP contribution in [0.3, 0.4) is 0 Å². The molecule has 0 aliphatic rings. The lowest BCUT2D eigenvalue weighted by atomic mass is 9.95. The second kappa shape index (κ2) is 3.98. The van der Waals surface area contributed by atoms with Crippen LogP contribution in [0.2, 0.25) is 6.32 Å². The molecule has 0 N–H and O–H groups in total. The minimum Gasteiger partial charge on any atom is -0.0892 e. The van der Waals surface area contributed by atoms with E-state index in [0.29, 0.717) is 6.32 Å². The van der Waals surface area contributed by atoms with Crippen molar-refractivity contribution in [1.82, 2.24) is 0 Å². The van der Waals surface area contributed by atoms with Crippen LogP contribution in [0.15, 0.2) is 11.6 Å². The maximum absolute atomic E-state index is 5.33. The Morgan fingerprint density at radius 1 is 1.71 bits per heavy atom. The highest BCUT2D eigenvalue weighted by Gasteiger charge is 1.81. The smallest absolute Gasteiger partial charge is 0.0712 e. The van der Waals surface area contributed by atoms with Crippen LogP contribution in [-0.4, -0.2) is 7.85 Å². The van der Waals surface area contributed by atoms with Gasteiger partial charge in [0.15, 0.2) is 0 Å². The summed E-state index contributed by atoms with van der Waals surface area (Å²) in [6.45, 7) is 4.13. The van der Waals surface area contributed by atoms with E-state index in [2.05, 4.69) is 13.0 Å². The molecule has 0 rings (SSSR count). The van der Waals surface area contributed by atoms with Gasteiger partial charge in [-0.05, 0) is 13.3 Å². The molecule has 0 atom stereocenters. The molecule has 38 valence electrons. The third kappa shape index (κ3) is 2.49. The number of hydrogen-bond donors (Lipinski definition) is 0. The van der Waals surface area contributed by atoms with Crippen molar-refractivity contribution >= 4 is 7.85 Å². The summed E-state index contributed by atoms with van der Waals surface area (Å²) in [5.74, 6) is 0. The highest BCUT2D eigenvalue weighted by Crippen LogP contribution is 2.01. The van der Waals surface area contributed by atoms with Gasteiger partial charge in [-0.25, -0.2) is 0 Å². The molecule has 0 unspecified atom stereocenters. The fourth-order valence-electron chi connectivity index (χ4n) is 0.466. The Bertz CT molecular complexity index is 58.6. The van der Waals surface area contributed by atoms with Crippen molar-refractivity contribution in [2.45, 2.75) is 26.6 Å². The summed E-state index contributed by atoms with van der Waals surface area (Å²) in [4.78, 5) is 0. The molecule has 0 aromatic heterocycles. The largest absolute Gasteiger partial charge is 0.0892 e. The standard InChI is InChI=1S/C6H11B/c1-3-6(4-2)5-7/h3H,4-5H2,1-2H3. The van der Waals surface area contributed by atoms with Crippen LogP contribution in [0.25, 0.3) is 0 Å². The Balaban J connectivity index is 3.38. The van der Waals surface area contributed by atoms with Crippen LogP contribution in [0, 0.1) is 0 Å². The van der Waals surface area contributed by atoms with E-state index in [0.717, 1.165) is 6.42 Å². The SMILES string of the molecule is [B]CC(=CC)CC. The molecule has 0 spiro atoms. The van der Waals surface area contributed by atoms with Gasteiger partial charge in [0.1, 0.15) is 0 Å². The molecular formula is C6H11B. The fraction of sp³-hybridized carbons (Fsp3) is 0.667. The maximum atomic E-state index is 5.33. The summed E-state index contributed by atoms with van der Waals surface area (Å²) in [6.07, 6.45) is 3.88. The molecule has 0 saturated carbocycles. The first-order chi connectivity index (χ1) is 3.35. The summed E-state index contributed by atoms with van der Waals surface area (Å²) in [5.41, 5.74) is 1.33. The Morgan fingerprint density at radius 3 is 2.29 bits per heavy atom. The highest BCUT2D eigenvalue weighted by molar-refractivity contribution is 6.10. The predicted molar refractivity (Wildman–Crippen MR) is 34.6 cm³/mol. The molecule has 0 aromatic carbocycles. The number of rotatable bonds is 2. The molecule has 0 aromatic rings. The van der Waals surface area contributed by atoms with Gasteiger partial charge in [-0.1, -0.05) is 24.9 Å². The molecule has 0 amide bonds. The van der Waals surface area contributed by atoms with Crippen molar-refractivity contribution < 1.29 is 0 Å². The first kappa shape index (κ1) is 6.80. The first-order valence-electron chi connectivity index (χ1n) is 2.69. The molecule has 0 heterocycles. The Morgan fingerprint density at radius 2 is 2.29 bits per heavy atom. The van der Waals surface area contributed by atoms with Crippen molar-refractivity contribution in [2.75, 3.05) is 0 Å². The zero-order valence-electron chi connectivity index (χ0n) is 5.07. The van der Waals surface area contributed by atoms with Gasteiger partial charge in [-0.15, -0.1) is 0 Å². The van der Waals surface area contributed by atoms with E-state index in [1.165, 1.54) is 5.57 Å². The van der Waals surface area contributed by atoms with Gasteiger partial charge in [0.2, 0.25) is 0 Å². The molecule has 1 heteroatoms. The summed E-state index contributed by atoms with van der Waals surface area (Å²) in [7, 11) is 5.33. The van der Waals surface area contributed by atoms with Crippen LogP contribution in [0.5, 0.6) is 0 Å². The van der Waals surface area contributed by atoms with Crippen molar-refractivity contribution in [1.29, 1.82) is 0 Å². The maximum Gasteiger partial charge on any atom is 0.0712 e. The third-order valence-corrected chi connectivity index (χ3v) is 1.12. The third-order valence-electron chi connectivity index (χ3n) is 1.12. The van der Waals surface area contributed by atoms with Crippen LogP contribution >= 0.6 is 0 Å². The Labute approximate surface area is 47.0 Å². The van der Waals surface area contributed by atoms with Gasteiger partial charge in [0.25, 0.3) is 0 Å². The molecule has 0 saturated heterocycles. The van der Waals surface area contributed by atoms with Gasteiger partial charge < -0.3 is 0 Å². The van der Waals surface area contributed by atoms with E-state index < -0.39 is 0 Å². The van der Waals surface area contributed by atoms with Gasteiger partial charge in [0, 0.05) is 0 Å². The lowest BCUT2D eigenvalue weighted by Crippen LogP contribution is -1.75. The molecule has 0 nitrogen and oxygen atoms in total. The van der Waals surface area contributed by atoms with E-state index in [1.807, 2.05) is 6.92 Å². The Hall–Kier alpha value is -0.195. The number of allylic oxidation sites excluding steroid dienone is 2. The lowest BCUT2D eigenvalue weighted by molar-refractivity contribution is 1.09. The molecular weight excluding hydrogens is 82.9 g/mol.